The van der Waals surface area contributed by atoms with E-state index in [1.165, 1.54) is 17.3 Å². The van der Waals surface area contributed by atoms with Gasteiger partial charge in [-0.05, 0) is 74.4 Å². The number of nitriles is 1. The van der Waals surface area contributed by atoms with Crippen molar-refractivity contribution in [1.29, 1.82) is 5.26 Å². The van der Waals surface area contributed by atoms with Crippen LogP contribution in [0.5, 0.6) is 0 Å². The Kier molecular flexibility index (Phi) is 6.28. The number of hydrogen-bond donors (Lipinski definition) is 2. The van der Waals surface area contributed by atoms with Gasteiger partial charge >= 0.3 is 0 Å². The highest BCUT2D eigenvalue weighted by atomic mass is 16.2. The van der Waals surface area contributed by atoms with Gasteiger partial charge in [-0.3, -0.25) is 9.69 Å². The van der Waals surface area contributed by atoms with Crippen molar-refractivity contribution in [1.82, 2.24) is 24.4 Å². The van der Waals surface area contributed by atoms with Crippen LogP contribution in [-0.2, 0) is 13.6 Å². The number of carbonyl (C=O) groups is 1. The minimum absolute atomic E-state index is 0.145. The molecule has 0 spiro atoms. The summed E-state index contributed by atoms with van der Waals surface area (Å²) < 4.78 is 2.09. The zero-order valence-electron chi connectivity index (χ0n) is 19.4. The minimum Gasteiger partial charge on any atom is -0.337 e. The molecule has 1 fully saturated rings. The maximum absolute atomic E-state index is 12.7. The van der Waals surface area contributed by atoms with Crippen molar-refractivity contribution in [3.8, 4) is 6.07 Å². The smallest absolute Gasteiger partial charge is 0.291 e. The standard InChI is InChI=1S/C26H29N7O/c1-32-13-10-28-24(32)17-33-11-8-18(9-12-33)20-6-7-23(22(14-20)19-4-2-3-5-19)31-26(34)25-29-16-21(15-27)30-25/h4,6-7,10,13-14,16,18H,2-3,5,8-9,11-12,17H2,1H3,(H,29,30)(H,31,34). The molecular weight excluding hydrogens is 426 g/mol. The first-order chi connectivity index (χ1) is 16.6. The van der Waals surface area contributed by atoms with Gasteiger partial charge < -0.3 is 14.9 Å². The lowest BCUT2D eigenvalue weighted by atomic mass is 9.87. The van der Waals surface area contributed by atoms with Crippen molar-refractivity contribution in [3.05, 3.63) is 71.3 Å². The second-order valence-corrected chi connectivity index (χ2v) is 9.14. The van der Waals surface area contributed by atoms with Crippen LogP contribution in [0.2, 0.25) is 0 Å². The van der Waals surface area contributed by atoms with Crippen LogP contribution in [0.1, 0.15) is 71.3 Å². The molecule has 5 rings (SSSR count). The number of likely N-dealkylation sites (tertiary alicyclic amines) is 1. The molecule has 3 aromatic rings. The Balaban J connectivity index is 1.31. The summed E-state index contributed by atoms with van der Waals surface area (Å²) in [5, 5.41) is 12.0. The molecule has 2 N–H and O–H groups in total. The summed E-state index contributed by atoms with van der Waals surface area (Å²) in [6, 6.07) is 8.41. The lowest BCUT2D eigenvalue weighted by molar-refractivity contribution is 0.101. The Bertz CT molecular complexity index is 1250. The fourth-order valence-electron chi connectivity index (χ4n) is 4.95. The Labute approximate surface area is 199 Å². The van der Waals surface area contributed by atoms with Gasteiger partial charge in [0.15, 0.2) is 5.82 Å². The van der Waals surface area contributed by atoms with Crippen molar-refractivity contribution in [2.24, 2.45) is 7.05 Å². The van der Waals surface area contributed by atoms with Crippen molar-refractivity contribution < 1.29 is 4.79 Å². The first kappa shape index (κ1) is 22.1. The molecule has 1 saturated heterocycles. The summed E-state index contributed by atoms with van der Waals surface area (Å²) in [4.78, 5) is 26.5. The number of aromatic amines is 1. The van der Waals surface area contributed by atoms with E-state index in [1.54, 1.807) is 0 Å². The molecule has 0 atom stereocenters. The second-order valence-electron chi connectivity index (χ2n) is 9.14. The molecule has 1 aliphatic heterocycles. The van der Waals surface area contributed by atoms with Gasteiger partial charge in [0.05, 0.1) is 12.7 Å². The Morgan fingerprint density at radius 2 is 2.15 bits per heavy atom. The van der Waals surface area contributed by atoms with E-state index >= 15 is 0 Å². The van der Waals surface area contributed by atoms with Gasteiger partial charge in [-0.1, -0.05) is 12.1 Å². The van der Waals surface area contributed by atoms with Gasteiger partial charge in [-0.2, -0.15) is 5.26 Å². The SMILES string of the molecule is Cn1ccnc1CN1CCC(c2ccc(NC(=O)c3ncc(C#N)[nH]3)c(C3=CCCC3)c2)CC1. The molecule has 8 nitrogen and oxygen atoms in total. The molecule has 0 unspecified atom stereocenters. The summed E-state index contributed by atoms with van der Waals surface area (Å²) >= 11 is 0. The summed E-state index contributed by atoms with van der Waals surface area (Å²) in [7, 11) is 2.04. The predicted molar refractivity (Wildman–Crippen MR) is 130 cm³/mol. The molecule has 8 heteroatoms. The molecular formula is C26H29N7O. The van der Waals surface area contributed by atoms with Crippen molar-refractivity contribution in [3.63, 3.8) is 0 Å². The highest BCUT2D eigenvalue weighted by molar-refractivity contribution is 6.03. The van der Waals surface area contributed by atoms with Crippen LogP contribution >= 0.6 is 0 Å². The molecule has 34 heavy (non-hydrogen) atoms. The van der Waals surface area contributed by atoms with Crippen molar-refractivity contribution in [2.45, 2.75) is 44.6 Å². The van der Waals surface area contributed by atoms with E-state index in [-0.39, 0.29) is 17.4 Å². The quantitative estimate of drug-likeness (QED) is 0.579. The number of nitrogens with zero attached hydrogens (tertiary/aromatic N) is 5. The van der Waals surface area contributed by atoms with Gasteiger partial charge in [-0.25, -0.2) is 9.97 Å². The van der Waals surface area contributed by atoms with E-state index in [2.05, 4.69) is 47.9 Å². The lowest BCUT2D eigenvalue weighted by Gasteiger charge is -2.32. The molecule has 0 bridgehead atoms. The summed E-state index contributed by atoms with van der Waals surface area (Å²) in [5.74, 6) is 1.42. The van der Waals surface area contributed by atoms with Gasteiger partial charge in [0.25, 0.3) is 5.91 Å². The molecule has 0 radical (unpaired) electrons. The zero-order chi connectivity index (χ0) is 23.5. The number of hydrogen-bond acceptors (Lipinski definition) is 5. The number of rotatable bonds is 6. The fourth-order valence-corrected chi connectivity index (χ4v) is 4.95. The predicted octanol–water partition coefficient (Wildman–Crippen LogP) is 4.21. The van der Waals surface area contributed by atoms with E-state index in [4.69, 9.17) is 5.26 Å². The third kappa shape index (κ3) is 4.66. The van der Waals surface area contributed by atoms with Crippen LogP contribution in [0.15, 0.2) is 42.9 Å². The number of aryl methyl sites for hydroxylation is 1. The number of piperidine rings is 1. The number of imidazole rings is 2. The fraction of sp³-hybridized carbons (Fsp3) is 0.385. The molecule has 1 aliphatic carbocycles. The van der Waals surface area contributed by atoms with Crippen LogP contribution in [0.25, 0.3) is 5.57 Å². The summed E-state index contributed by atoms with van der Waals surface area (Å²) in [6.07, 6.45) is 13.0. The topological polar surface area (TPSA) is 103 Å². The highest BCUT2D eigenvalue weighted by Gasteiger charge is 2.24. The number of H-pyrrole nitrogens is 1. The Hall–Kier alpha value is -3.70. The third-order valence-corrected chi connectivity index (χ3v) is 6.94. The van der Waals surface area contributed by atoms with Gasteiger partial charge in [0, 0.05) is 30.7 Å². The van der Waals surface area contributed by atoms with Crippen LogP contribution in [0.3, 0.4) is 0 Å². The van der Waals surface area contributed by atoms with Crippen molar-refractivity contribution in [2.75, 3.05) is 18.4 Å². The maximum atomic E-state index is 12.7. The molecule has 2 aliphatic rings. The van der Waals surface area contributed by atoms with E-state index < -0.39 is 0 Å². The van der Waals surface area contributed by atoms with Crippen LogP contribution in [0.4, 0.5) is 5.69 Å². The summed E-state index contributed by atoms with van der Waals surface area (Å²) in [6.45, 7) is 2.99. The van der Waals surface area contributed by atoms with Gasteiger partial charge in [0.1, 0.15) is 17.6 Å². The van der Waals surface area contributed by atoms with Gasteiger partial charge in [0.2, 0.25) is 0 Å². The van der Waals surface area contributed by atoms with Gasteiger partial charge in [-0.15, -0.1) is 0 Å². The third-order valence-electron chi connectivity index (χ3n) is 6.94. The number of carbonyl (C=O) groups excluding carboxylic acids is 1. The van der Waals surface area contributed by atoms with E-state index in [0.717, 1.165) is 68.8 Å². The molecule has 174 valence electrons. The van der Waals surface area contributed by atoms with Crippen LogP contribution in [-0.4, -0.2) is 43.4 Å². The average Bonchev–Trinajstić information content (AvgIpc) is 3.63. The zero-order valence-corrected chi connectivity index (χ0v) is 19.4. The van der Waals surface area contributed by atoms with E-state index in [1.807, 2.05) is 31.6 Å². The number of amides is 1. The Morgan fingerprint density at radius 3 is 2.82 bits per heavy atom. The normalized spacial score (nSPS) is 16.9. The largest absolute Gasteiger partial charge is 0.337 e. The highest BCUT2D eigenvalue weighted by Crippen LogP contribution is 2.37. The molecule has 3 heterocycles. The molecule has 0 saturated carbocycles. The lowest BCUT2D eigenvalue weighted by Crippen LogP contribution is -2.33. The number of benzene rings is 1. The number of anilines is 1. The number of aromatic nitrogens is 4. The molecule has 1 aromatic carbocycles. The Morgan fingerprint density at radius 1 is 1.29 bits per heavy atom. The number of allylic oxidation sites excluding steroid dienone is 2. The van der Waals surface area contributed by atoms with E-state index in [9.17, 15) is 4.79 Å². The maximum Gasteiger partial charge on any atom is 0.291 e. The first-order valence-corrected chi connectivity index (χ1v) is 11.9. The van der Waals surface area contributed by atoms with Crippen molar-refractivity contribution >= 4 is 17.2 Å². The molecule has 1 amide bonds. The van der Waals surface area contributed by atoms with Crippen LogP contribution in [0, 0.1) is 11.3 Å². The minimum atomic E-state index is -0.336. The second kappa shape index (κ2) is 9.65. The number of nitrogens with one attached hydrogen (secondary N) is 2. The van der Waals surface area contributed by atoms with E-state index in [0.29, 0.717) is 5.92 Å². The first-order valence-electron chi connectivity index (χ1n) is 11.9. The van der Waals surface area contributed by atoms with Crippen LogP contribution < -0.4 is 5.32 Å². The molecule has 2 aromatic heterocycles. The average molecular weight is 456 g/mol. The summed E-state index contributed by atoms with van der Waals surface area (Å²) in [5.41, 5.74) is 4.80. The monoisotopic (exact) mass is 455 g/mol.